The molecule has 0 spiro atoms. The molecule has 1 aromatic carbocycles. The summed E-state index contributed by atoms with van der Waals surface area (Å²) in [6, 6.07) is 6.87. The van der Waals surface area contributed by atoms with Gasteiger partial charge in [-0.25, -0.2) is 4.79 Å². The van der Waals surface area contributed by atoms with Crippen LogP contribution in [-0.4, -0.2) is 49.0 Å². The van der Waals surface area contributed by atoms with Crippen molar-refractivity contribution in [3.8, 4) is 0 Å². The number of nitrogens with one attached hydrogen (secondary N) is 2. The third kappa shape index (κ3) is 7.12. The normalized spacial score (nSPS) is 10.3. The maximum atomic E-state index is 12.0. The summed E-state index contributed by atoms with van der Waals surface area (Å²) in [6.07, 6.45) is -0.797. The van der Waals surface area contributed by atoms with Crippen molar-refractivity contribution in [3.63, 3.8) is 0 Å². The van der Waals surface area contributed by atoms with E-state index >= 15 is 0 Å². The van der Waals surface area contributed by atoms with Gasteiger partial charge in [0.25, 0.3) is 0 Å². The molecular formula is C15H20ClN3O4. The highest BCUT2D eigenvalue weighted by Crippen LogP contribution is 2.20. The summed E-state index contributed by atoms with van der Waals surface area (Å²) in [7, 11) is 0. The van der Waals surface area contributed by atoms with Gasteiger partial charge in [0.15, 0.2) is 0 Å². The zero-order valence-corrected chi connectivity index (χ0v) is 13.9. The Hall–Kier alpha value is -2.12. The van der Waals surface area contributed by atoms with Gasteiger partial charge in [-0.05, 0) is 25.6 Å². The lowest BCUT2D eigenvalue weighted by molar-refractivity contribution is -0.122. The fraction of sp³-hybridized carbons (Fsp3) is 0.400. The van der Waals surface area contributed by atoms with Crippen molar-refractivity contribution in [1.29, 1.82) is 0 Å². The van der Waals surface area contributed by atoms with Crippen molar-refractivity contribution >= 4 is 35.2 Å². The van der Waals surface area contributed by atoms with Gasteiger partial charge in [-0.2, -0.15) is 0 Å². The van der Waals surface area contributed by atoms with Crippen molar-refractivity contribution in [2.24, 2.45) is 0 Å². The number of hydrogen-bond acceptors (Lipinski definition) is 5. The Labute approximate surface area is 139 Å². The molecule has 3 amide bonds. The SMILES string of the molecule is CCOC(=O)NC(=O)CN(CC)CC(=O)Nc1ccccc1Cl. The molecule has 8 heteroatoms. The number of halogens is 1. The number of imide groups is 1. The van der Waals surface area contributed by atoms with E-state index in [2.05, 4.69) is 15.4 Å². The number of rotatable bonds is 7. The van der Waals surface area contributed by atoms with Crippen LogP contribution in [0.4, 0.5) is 10.5 Å². The first-order valence-electron chi connectivity index (χ1n) is 7.19. The van der Waals surface area contributed by atoms with Crippen LogP contribution in [0, 0.1) is 0 Å². The Morgan fingerprint density at radius 2 is 1.78 bits per heavy atom. The van der Waals surface area contributed by atoms with Crippen molar-refractivity contribution in [3.05, 3.63) is 29.3 Å². The number of carbonyl (C=O) groups is 3. The second-order valence-corrected chi connectivity index (χ2v) is 5.01. The molecule has 0 heterocycles. The molecule has 0 saturated carbocycles. The number of para-hydroxylation sites is 1. The first-order valence-corrected chi connectivity index (χ1v) is 7.57. The zero-order valence-electron chi connectivity index (χ0n) is 13.1. The summed E-state index contributed by atoms with van der Waals surface area (Å²) < 4.78 is 4.62. The standard InChI is InChI=1S/C15H20ClN3O4/c1-3-19(10-14(21)18-15(22)23-4-2)9-13(20)17-12-8-6-5-7-11(12)16/h5-8H,3-4,9-10H2,1-2H3,(H,17,20)(H,18,21,22). The smallest absolute Gasteiger partial charge is 0.413 e. The molecule has 23 heavy (non-hydrogen) atoms. The van der Waals surface area contributed by atoms with Crippen molar-refractivity contribution in [2.75, 3.05) is 31.6 Å². The molecule has 2 N–H and O–H groups in total. The van der Waals surface area contributed by atoms with E-state index in [1.54, 1.807) is 43.0 Å². The Bertz CT molecular complexity index is 565. The molecule has 0 bridgehead atoms. The van der Waals surface area contributed by atoms with Gasteiger partial charge < -0.3 is 10.1 Å². The van der Waals surface area contributed by atoms with Crippen LogP contribution in [-0.2, 0) is 14.3 Å². The summed E-state index contributed by atoms with van der Waals surface area (Å²) in [6.45, 7) is 3.99. The van der Waals surface area contributed by atoms with E-state index in [1.807, 2.05) is 0 Å². The number of ether oxygens (including phenoxy) is 1. The van der Waals surface area contributed by atoms with Crippen molar-refractivity contribution in [1.82, 2.24) is 10.2 Å². The van der Waals surface area contributed by atoms with E-state index in [4.69, 9.17) is 11.6 Å². The summed E-state index contributed by atoms with van der Waals surface area (Å²) in [5, 5.41) is 5.19. The lowest BCUT2D eigenvalue weighted by atomic mass is 10.3. The summed E-state index contributed by atoms with van der Waals surface area (Å²) in [5.41, 5.74) is 0.506. The Morgan fingerprint density at radius 1 is 1.13 bits per heavy atom. The third-order valence-corrected chi connectivity index (χ3v) is 3.18. The van der Waals surface area contributed by atoms with Crippen molar-refractivity contribution in [2.45, 2.75) is 13.8 Å². The predicted molar refractivity (Wildman–Crippen MR) is 87.4 cm³/mol. The van der Waals surface area contributed by atoms with Gasteiger partial charge in [-0.3, -0.25) is 19.8 Å². The minimum atomic E-state index is -0.797. The molecule has 0 saturated heterocycles. The average molecular weight is 342 g/mol. The number of alkyl carbamates (subject to hydrolysis) is 1. The van der Waals surface area contributed by atoms with Crippen LogP contribution in [0.5, 0.6) is 0 Å². The summed E-state index contributed by atoms with van der Waals surface area (Å²) in [4.78, 5) is 36.4. The number of likely N-dealkylation sites (N-methyl/N-ethyl adjacent to an activating group) is 1. The molecule has 0 atom stereocenters. The van der Waals surface area contributed by atoms with Crippen molar-refractivity contribution < 1.29 is 19.1 Å². The monoisotopic (exact) mass is 341 g/mol. The van der Waals surface area contributed by atoms with Gasteiger partial charge in [0.05, 0.1) is 30.4 Å². The molecule has 7 nitrogen and oxygen atoms in total. The minimum Gasteiger partial charge on any atom is -0.450 e. The first-order chi connectivity index (χ1) is 11.0. The predicted octanol–water partition coefficient (Wildman–Crippen LogP) is 1.87. The fourth-order valence-corrected chi connectivity index (χ4v) is 1.94. The molecule has 0 radical (unpaired) electrons. The number of benzene rings is 1. The molecule has 0 unspecified atom stereocenters. The van der Waals surface area contributed by atoms with Gasteiger partial charge in [0.2, 0.25) is 11.8 Å². The maximum Gasteiger partial charge on any atom is 0.413 e. The Kier molecular flexibility index (Phi) is 8.07. The molecule has 126 valence electrons. The number of carbonyl (C=O) groups excluding carboxylic acids is 3. The summed E-state index contributed by atoms with van der Waals surface area (Å²) >= 11 is 5.97. The number of nitrogens with zero attached hydrogens (tertiary/aromatic N) is 1. The topological polar surface area (TPSA) is 87.7 Å². The highest BCUT2D eigenvalue weighted by atomic mass is 35.5. The van der Waals surface area contributed by atoms with Gasteiger partial charge in [-0.1, -0.05) is 30.7 Å². The lowest BCUT2D eigenvalue weighted by Crippen LogP contribution is -2.43. The number of anilines is 1. The van der Waals surface area contributed by atoms with E-state index in [0.717, 1.165) is 0 Å². The fourth-order valence-electron chi connectivity index (χ4n) is 1.76. The molecule has 0 aromatic heterocycles. The molecule has 0 fully saturated rings. The van der Waals surface area contributed by atoms with E-state index in [-0.39, 0.29) is 25.6 Å². The van der Waals surface area contributed by atoms with Crippen LogP contribution in [0.15, 0.2) is 24.3 Å². The van der Waals surface area contributed by atoms with Crippen LogP contribution >= 0.6 is 11.6 Å². The third-order valence-electron chi connectivity index (χ3n) is 2.85. The van der Waals surface area contributed by atoms with Crippen LogP contribution in [0.3, 0.4) is 0 Å². The molecule has 1 aromatic rings. The van der Waals surface area contributed by atoms with Crippen LogP contribution in [0.2, 0.25) is 5.02 Å². The number of amides is 3. The van der Waals surface area contributed by atoms with E-state index in [9.17, 15) is 14.4 Å². The largest absolute Gasteiger partial charge is 0.450 e. The minimum absolute atomic E-state index is 0.00202. The van der Waals surface area contributed by atoms with Crippen LogP contribution < -0.4 is 10.6 Å². The zero-order chi connectivity index (χ0) is 17.2. The lowest BCUT2D eigenvalue weighted by Gasteiger charge is -2.19. The van der Waals surface area contributed by atoms with E-state index in [0.29, 0.717) is 17.3 Å². The average Bonchev–Trinajstić information content (AvgIpc) is 2.49. The second-order valence-electron chi connectivity index (χ2n) is 4.60. The molecule has 0 aliphatic rings. The summed E-state index contributed by atoms with van der Waals surface area (Å²) in [5.74, 6) is -0.834. The van der Waals surface area contributed by atoms with Gasteiger partial charge >= 0.3 is 6.09 Å². The van der Waals surface area contributed by atoms with Gasteiger partial charge in [0, 0.05) is 0 Å². The van der Waals surface area contributed by atoms with Crippen LogP contribution in [0.25, 0.3) is 0 Å². The molecular weight excluding hydrogens is 322 g/mol. The van der Waals surface area contributed by atoms with Crippen LogP contribution in [0.1, 0.15) is 13.8 Å². The highest BCUT2D eigenvalue weighted by molar-refractivity contribution is 6.33. The first kappa shape index (κ1) is 18.9. The molecule has 0 aliphatic carbocycles. The quantitative estimate of drug-likeness (QED) is 0.790. The van der Waals surface area contributed by atoms with E-state index < -0.39 is 12.0 Å². The Balaban J connectivity index is 2.49. The molecule has 0 aliphatic heterocycles. The molecule has 1 rings (SSSR count). The number of hydrogen-bond donors (Lipinski definition) is 2. The van der Waals surface area contributed by atoms with E-state index in [1.165, 1.54) is 0 Å². The second kappa shape index (κ2) is 9.81. The maximum absolute atomic E-state index is 12.0. The Morgan fingerprint density at radius 3 is 2.39 bits per heavy atom. The van der Waals surface area contributed by atoms with Gasteiger partial charge in [0.1, 0.15) is 0 Å². The van der Waals surface area contributed by atoms with Gasteiger partial charge in [-0.15, -0.1) is 0 Å². The highest BCUT2D eigenvalue weighted by Gasteiger charge is 2.16.